The lowest BCUT2D eigenvalue weighted by molar-refractivity contribution is -0.146. The fraction of sp³-hybridized carbons (Fsp3) is 0.238. The molecule has 0 saturated carbocycles. The molecule has 0 spiro atoms. The number of carbonyl (C=O) groups is 2. The highest BCUT2D eigenvalue weighted by Crippen LogP contribution is 2.17. The third-order valence-electron chi connectivity index (χ3n) is 3.86. The Morgan fingerprint density at radius 1 is 1.00 bits per heavy atom. The second-order valence-electron chi connectivity index (χ2n) is 5.66. The third-order valence-corrected chi connectivity index (χ3v) is 3.86. The first-order valence-electron chi connectivity index (χ1n) is 8.33. The summed E-state index contributed by atoms with van der Waals surface area (Å²) in [5.74, 6) is -0.888. The summed E-state index contributed by atoms with van der Waals surface area (Å²) in [6.07, 6.45) is 3.26. The van der Waals surface area contributed by atoms with E-state index in [9.17, 15) is 9.59 Å². The van der Waals surface area contributed by atoms with Gasteiger partial charge in [-0.2, -0.15) is 0 Å². The maximum atomic E-state index is 12.6. The summed E-state index contributed by atoms with van der Waals surface area (Å²) in [5.41, 5.74) is 1.73. The molecule has 0 radical (unpaired) electrons. The Bertz CT molecular complexity index is 728. The van der Waals surface area contributed by atoms with Gasteiger partial charge in [-0.15, -0.1) is 0 Å². The van der Waals surface area contributed by atoms with Crippen molar-refractivity contribution in [2.75, 3.05) is 14.2 Å². The lowest BCUT2D eigenvalue weighted by atomic mass is 10.1. The molecule has 0 heterocycles. The van der Waals surface area contributed by atoms with Crippen LogP contribution >= 0.6 is 0 Å². The predicted octanol–water partition coefficient (Wildman–Crippen LogP) is 3.14. The quantitative estimate of drug-likeness (QED) is 0.741. The molecule has 0 aromatic heterocycles. The summed E-state index contributed by atoms with van der Waals surface area (Å²) in [7, 11) is 2.76. The summed E-state index contributed by atoms with van der Waals surface area (Å²) in [6.45, 7) is 0. The number of nitrogens with one attached hydrogen (secondary N) is 1. The van der Waals surface area contributed by atoms with E-state index in [1.165, 1.54) is 14.2 Å². The molecular formula is C21H23NO4. The fourth-order valence-electron chi connectivity index (χ4n) is 2.53. The van der Waals surface area contributed by atoms with Crippen molar-refractivity contribution in [2.24, 2.45) is 0 Å². The molecule has 5 nitrogen and oxygen atoms in total. The van der Waals surface area contributed by atoms with E-state index in [2.05, 4.69) is 5.32 Å². The van der Waals surface area contributed by atoms with Crippen LogP contribution in [-0.2, 0) is 19.1 Å². The molecule has 0 aliphatic carbocycles. The molecule has 2 atom stereocenters. The number of hydrogen-bond acceptors (Lipinski definition) is 4. The number of esters is 1. The van der Waals surface area contributed by atoms with Crippen molar-refractivity contribution in [1.82, 2.24) is 5.32 Å². The van der Waals surface area contributed by atoms with E-state index < -0.39 is 18.1 Å². The highest BCUT2D eigenvalue weighted by Gasteiger charge is 2.26. The van der Waals surface area contributed by atoms with Crippen LogP contribution in [0.15, 0.2) is 66.7 Å². The van der Waals surface area contributed by atoms with Gasteiger partial charge in [0, 0.05) is 7.11 Å². The van der Waals surface area contributed by atoms with Gasteiger partial charge >= 0.3 is 5.97 Å². The van der Waals surface area contributed by atoms with Crippen molar-refractivity contribution >= 4 is 18.0 Å². The van der Waals surface area contributed by atoms with Gasteiger partial charge < -0.3 is 14.8 Å². The van der Waals surface area contributed by atoms with Crippen LogP contribution in [0.25, 0.3) is 6.08 Å². The lowest BCUT2D eigenvalue weighted by Gasteiger charge is -2.20. The molecule has 0 saturated heterocycles. The van der Waals surface area contributed by atoms with E-state index in [-0.39, 0.29) is 5.91 Å². The molecule has 2 aromatic carbocycles. The molecule has 5 heteroatoms. The predicted molar refractivity (Wildman–Crippen MR) is 100 cm³/mol. The molecule has 2 rings (SSSR count). The molecule has 136 valence electrons. The van der Waals surface area contributed by atoms with Crippen LogP contribution in [0.4, 0.5) is 0 Å². The van der Waals surface area contributed by atoms with Crippen molar-refractivity contribution in [3.05, 3.63) is 77.9 Å². The summed E-state index contributed by atoms with van der Waals surface area (Å²) in [5, 5.41) is 2.71. The maximum Gasteiger partial charge on any atom is 0.328 e. The SMILES string of the molecule is COC(=O)[C@H](C/C=C/c1ccccc1)NC(=O)[C@H](OC)c1ccccc1. The number of benzene rings is 2. The Morgan fingerprint density at radius 3 is 2.19 bits per heavy atom. The highest BCUT2D eigenvalue weighted by atomic mass is 16.5. The molecule has 0 bridgehead atoms. The molecule has 0 aliphatic heterocycles. The average molecular weight is 353 g/mol. The molecule has 0 aliphatic rings. The van der Waals surface area contributed by atoms with Crippen LogP contribution in [0, 0.1) is 0 Å². The first kappa shape index (κ1) is 19.4. The zero-order chi connectivity index (χ0) is 18.8. The van der Waals surface area contributed by atoms with Gasteiger partial charge in [-0.1, -0.05) is 72.8 Å². The molecule has 0 unspecified atom stereocenters. The standard InChI is InChI=1S/C21H23NO4/c1-25-19(17-13-7-4-8-14-17)20(23)22-18(21(24)26-2)15-9-12-16-10-5-3-6-11-16/h3-14,18-19H,15H2,1-2H3,(H,22,23)/b12-9+/t18-,19+/m0/s1. The Hall–Kier alpha value is -2.92. The minimum Gasteiger partial charge on any atom is -0.467 e. The summed E-state index contributed by atoms with van der Waals surface area (Å²) in [6, 6.07) is 18.1. The van der Waals surface area contributed by atoms with Crippen molar-refractivity contribution < 1.29 is 19.1 Å². The first-order chi connectivity index (χ1) is 12.7. The average Bonchev–Trinajstić information content (AvgIpc) is 2.69. The summed E-state index contributed by atoms with van der Waals surface area (Å²) in [4.78, 5) is 24.6. The van der Waals surface area contributed by atoms with Crippen molar-refractivity contribution in [3.63, 3.8) is 0 Å². The van der Waals surface area contributed by atoms with E-state index in [4.69, 9.17) is 9.47 Å². The number of amides is 1. The van der Waals surface area contributed by atoms with E-state index in [0.29, 0.717) is 6.42 Å². The summed E-state index contributed by atoms with van der Waals surface area (Å²) >= 11 is 0. The largest absolute Gasteiger partial charge is 0.467 e. The van der Waals surface area contributed by atoms with E-state index in [0.717, 1.165) is 11.1 Å². The third kappa shape index (κ3) is 5.57. The Balaban J connectivity index is 2.05. The topological polar surface area (TPSA) is 64.6 Å². The maximum absolute atomic E-state index is 12.6. The number of rotatable bonds is 8. The highest BCUT2D eigenvalue weighted by molar-refractivity contribution is 5.87. The van der Waals surface area contributed by atoms with Gasteiger partial charge in [-0.25, -0.2) is 4.79 Å². The van der Waals surface area contributed by atoms with Crippen molar-refractivity contribution in [1.29, 1.82) is 0 Å². The number of carbonyl (C=O) groups excluding carboxylic acids is 2. The van der Waals surface area contributed by atoms with Gasteiger partial charge in [0.25, 0.3) is 5.91 Å². The Kier molecular flexibility index (Phi) is 7.58. The van der Waals surface area contributed by atoms with Crippen LogP contribution in [-0.4, -0.2) is 32.1 Å². The first-order valence-corrected chi connectivity index (χ1v) is 8.33. The molecule has 0 fully saturated rings. The smallest absolute Gasteiger partial charge is 0.328 e. The monoisotopic (exact) mass is 353 g/mol. The van der Waals surface area contributed by atoms with Crippen LogP contribution < -0.4 is 5.32 Å². The van der Waals surface area contributed by atoms with Crippen LogP contribution in [0.2, 0.25) is 0 Å². The second-order valence-corrected chi connectivity index (χ2v) is 5.66. The number of methoxy groups -OCH3 is 2. The van der Waals surface area contributed by atoms with E-state index in [1.54, 1.807) is 12.1 Å². The molecule has 1 amide bonds. The molecule has 1 N–H and O–H groups in total. The fourth-order valence-corrected chi connectivity index (χ4v) is 2.53. The minimum atomic E-state index is -0.790. The van der Waals surface area contributed by atoms with Crippen molar-refractivity contribution in [3.8, 4) is 0 Å². The van der Waals surface area contributed by atoms with Crippen molar-refractivity contribution in [2.45, 2.75) is 18.6 Å². The van der Waals surface area contributed by atoms with Gasteiger partial charge in [0.2, 0.25) is 0 Å². The van der Waals surface area contributed by atoms with Gasteiger partial charge in [0.1, 0.15) is 6.04 Å². The zero-order valence-electron chi connectivity index (χ0n) is 14.9. The molecule has 2 aromatic rings. The van der Waals surface area contributed by atoms with Gasteiger partial charge in [0.05, 0.1) is 7.11 Å². The Labute approximate surface area is 153 Å². The van der Waals surface area contributed by atoms with Crippen LogP contribution in [0.1, 0.15) is 23.7 Å². The van der Waals surface area contributed by atoms with Crippen LogP contribution in [0.5, 0.6) is 0 Å². The van der Waals surface area contributed by atoms with Gasteiger partial charge in [0.15, 0.2) is 6.10 Å². The normalized spacial score (nSPS) is 13.2. The van der Waals surface area contributed by atoms with E-state index in [1.807, 2.05) is 60.7 Å². The van der Waals surface area contributed by atoms with Gasteiger partial charge in [-0.05, 0) is 17.5 Å². The lowest BCUT2D eigenvalue weighted by Crippen LogP contribution is -2.43. The molecular weight excluding hydrogens is 330 g/mol. The van der Waals surface area contributed by atoms with Gasteiger partial charge in [-0.3, -0.25) is 4.79 Å². The number of ether oxygens (including phenoxy) is 2. The zero-order valence-corrected chi connectivity index (χ0v) is 14.9. The molecule has 26 heavy (non-hydrogen) atoms. The second kappa shape index (κ2) is 10.2. The van der Waals surface area contributed by atoms with E-state index >= 15 is 0 Å². The minimum absolute atomic E-state index is 0.318. The Morgan fingerprint density at radius 2 is 1.62 bits per heavy atom. The van der Waals surface area contributed by atoms with Crippen LogP contribution in [0.3, 0.4) is 0 Å². The number of hydrogen-bond donors (Lipinski definition) is 1. The summed E-state index contributed by atoms with van der Waals surface area (Å²) < 4.78 is 10.1.